The largest absolute Gasteiger partial charge is 0.508 e. The Balaban J connectivity index is -0.00000193. The van der Waals surface area contributed by atoms with Crippen LogP contribution in [0.15, 0.2) is 48.5 Å². The maximum atomic E-state index is 13.8. The number of unbranched alkanes of at least 4 members (excludes halogenated alkanes) is 4. The van der Waals surface area contributed by atoms with Gasteiger partial charge in [-0.15, -0.1) is 24.8 Å². The molecule has 4 aromatic carbocycles. The fourth-order valence-electron chi connectivity index (χ4n) is 12.0. The molecular weight excluding hydrogens is 1470 g/mol. The highest BCUT2D eigenvalue weighted by Gasteiger charge is 2.36. The third-order valence-corrected chi connectivity index (χ3v) is 19.2. The first-order valence-corrected chi connectivity index (χ1v) is 37.7. The Morgan fingerprint density at radius 1 is 0.421 bits per heavy atom. The summed E-state index contributed by atoms with van der Waals surface area (Å²) in [7, 11) is 0.159. The summed E-state index contributed by atoms with van der Waals surface area (Å²) in [5, 5.41) is 31.1. The molecule has 0 radical (unpaired) electrons. The molecule has 0 aliphatic heterocycles. The van der Waals surface area contributed by atoms with Crippen LogP contribution in [0.25, 0.3) is 0 Å². The van der Waals surface area contributed by atoms with Crippen LogP contribution in [0.3, 0.4) is 0 Å². The molecule has 0 heterocycles. The van der Waals surface area contributed by atoms with Gasteiger partial charge in [0.15, 0.2) is 0 Å². The van der Waals surface area contributed by atoms with Gasteiger partial charge in [0, 0.05) is 84.4 Å². The zero-order chi connectivity index (χ0) is 76.8. The van der Waals surface area contributed by atoms with Crippen molar-refractivity contribution in [3.05, 3.63) is 126 Å². The summed E-state index contributed by atoms with van der Waals surface area (Å²) in [5.41, 5.74) is 36.8. The molecule has 33 heteroatoms. The van der Waals surface area contributed by atoms with Crippen molar-refractivity contribution in [3.63, 3.8) is 0 Å². The van der Waals surface area contributed by atoms with Gasteiger partial charge in [-0.1, -0.05) is 48.2 Å². The van der Waals surface area contributed by atoms with E-state index in [4.69, 9.17) is 22.9 Å². The maximum absolute atomic E-state index is 13.8. The van der Waals surface area contributed by atoms with E-state index in [1.54, 1.807) is 52.0 Å². The van der Waals surface area contributed by atoms with Gasteiger partial charge < -0.3 is 80.3 Å². The Labute approximate surface area is 646 Å². The van der Waals surface area contributed by atoms with Gasteiger partial charge in [0.1, 0.15) is 36.7 Å². The summed E-state index contributed by atoms with van der Waals surface area (Å²) >= 11 is 0. The standard InChI is InChI=1S/2C37H55N5O8S.2ClH.3H2O/c2*1-22-15-23(2)29(24(3)16-22)20-32(35(46)40-13-10-8-9-11-34(45)50-6)41-33(44)21-42(36(47)30(38)12-14-51(7)49)37(48)31(39)19-28-25(4)17-27(43)18-26(28)5;;;;;/h2*15-18,30-32,43H,8-14,19-21,38-39H2,1-7H3,(H,40,46)(H,41,44);2*1H;3*1H2/t2*30-,31-,32+,51?;;;;;/m11...../s1. The fraction of sp³-hybridized carbons (Fsp3) is 0.541. The molecular formula is C74H118Cl2N10O19S2. The molecule has 0 fully saturated rings. The van der Waals surface area contributed by atoms with E-state index in [-0.39, 0.29) is 128 Å². The number of hydrogen-bond donors (Lipinski definition) is 10. The van der Waals surface area contributed by atoms with Gasteiger partial charge in [0.25, 0.3) is 0 Å². The molecule has 29 nitrogen and oxygen atoms in total. The number of imide groups is 2. The lowest BCUT2D eigenvalue weighted by molar-refractivity contribution is -0.150. The smallest absolute Gasteiger partial charge is 0.305 e. The lowest BCUT2D eigenvalue weighted by Gasteiger charge is -2.28. The van der Waals surface area contributed by atoms with Crippen LogP contribution in [0.1, 0.15) is 142 Å². The summed E-state index contributed by atoms with van der Waals surface area (Å²) in [6.45, 7) is 17.8. The normalized spacial score (nSPS) is 12.8. The third-order valence-electron chi connectivity index (χ3n) is 17.5. The van der Waals surface area contributed by atoms with Gasteiger partial charge in [0.05, 0.1) is 38.4 Å². The van der Waals surface area contributed by atoms with Crippen molar-refractivity contribution in [2.24, 2.45) is 22.9 Å². The van der Waals surface area contributed by atoms with Gasteiger partial charge in [-0.05, 0) is 212 Å². The van der Waals surface area contributed by atoms with Crippen LogP contribution >= 0.6 is 24.8 Å². The number of rotatable bonds is 38. The molecule has 0 aliphatic rings. The summed E-state index contributed by atoms with van der Waals surface area (Å²) in [6, 6.07) is 7.08. The highest BCUT2D eigenvalue weighted by Crippen LogP contribution is 2.25. The van der Waals surface area contributed by atoms with Crippen LogP contribution in [-0.4, -0.2) is 205 Å². The number of carbonyl (C=O) groups is 10. The minimum Gasteiger partial charge on any atom is -0.508 e. The van der Waals surface area contributed by atoms with Crippen LogP contribution in [0, 0.1) is 69.2 Å². The molecule has 604 valence electrons. The van der Waals surface area contributed by atoms with Gasteiger partial charge in [-0.3, -0.25) is 66.2 Å². The molecule has 8 amide bonds. The van der Waals surface area contributed by atoms with E-state index in [2.05, 4.69) is 30.7 Å². The Bertz CT molecular complexity index is 3360. The van der Waals surface area contributed by atoms with Gasteiger partial charge >= 0.3 is 11.9 Å². The first-order valence-electron chi connectivity index (χ1n) is 34.2. The second kappa shape index (κ2) is 51.5. The Kier molecular flexibility index (Phi) is 49.7. The van der Waals surface area contributed by atoms with Crippen LogP contribution in [0.4, 0.5) is 0 Å². The van der Waals surface area contributed by atoms with Crippen LogP contribution in [0.2, 0.25) is 0 Å². The third kappa shape index (κ3) is 35.4. The lowest BCUT2D eigenvalue weighted by atomic mass is 9.94. The molecule has 8 atom stereocenters. The molecule has 0 saturated carbocycles. The topological polar surface area (TPSA) is 517 Å². The zero-order valence-electron chi connectivity index (χ0n) is 64.2. The summed E-state index contributed by atoms with van der Waals surface area (Å²) < 4.78 is 32.8. The predicted molar refractivity (Wildman–Crippen MR) is 420 cm³/mol. The SMILES string of the molecule is COC(=O)CCCCCNC(=O)[C@H](Cc1c(C)cc(C)cc1C)NC(=O)CN(C(=O)[C@H](N)CCS(C)=O)C(=O)[C@H](N)Cc1c(C)cc(O)cc1C.COC(=O)CCCCCNC(=O)[C@H](Cc1c(C)cc(C)cc1C)NC(=O)CN(C(=O)[C@H](N)CCS(C)=O)C(=O)[C@H](N)Cc1c(C)cc(O)cc1C.Cl.Cl.O.O.O. The molecule has 0 aliphatic carbocycles. The number of ether oxygens (including phenoxy) is 2. The Hall–Kier alpha value is -7.82. The second-order valence-corrected chi connectivity index (χ2v) is 29.5. The Morgan fingerprint density at radius 3 is 0.953 bits per heavy atom. The number of esters is 2. The molecule has 0 aromatic heterocycles. The summed E-state index contributed by atoms with van der Waals surface area (Å²) in [6.07, 6.45) is 7.62. The number of nitrogens with two attached hydrogens (primary N) is 4. The number of amides is 8. The van der Waals surface area contributed by atoms with Crippen molar-refractivity contribution in [2.45, 2.75) is 195 Å². The number of benzene rings is 4. The number of halogens is 2. The fourth-order valence-corrected chi connectivity index (χ4v) is 13.2. The number of carbonyl (C=O) groups excluding carboxylic acids is 10. The number of phenolic OH excluding ortho intramolecular Hbond substituents is 2. The van der Waals surface area contributed by atoms with Crippen molar-refractivity contribution in [3.8, 4) is 11.5 Å². The minimum absolute atomic E-state index is 0. The average molecular weight is 1590 g/mol. The monoisotopic (exact) mass is 1580 g/mol. The van der Waals surface area contributed by atoms with Crippen molar-refractivity contribution in [1.82, 2.24) is 31.1 Å². The molecule has 0 bridgehead atoms. The van der Waals surface area contributed by atoms with Crippen LogP contribution < -0.4 is 44.2 Å². The number of hydrogen-bond acceptors (Lipinski definition) is 20. The predicted octanol–water partition coefficient (Wildman–Crippen LogP) is 2.03. The summed E-state index contributed by atoms with van der Waals surface area (Å²) in [4.78, 5) is 133. The molecule has 4 rings (SSSR count). The maximum Gasteiger partial charge on any atom is 0.305 e. The Morgan fingerprint density at radius 2 is 0.682 bits per heavy atom. The number of aromatic hydroxyl groups is 2. The number of nitrogens with zero attached hydrogens (tertiary/aromatic N) is 2. The van der Waals surface area contributed by atoms with Gasteiger partial charge in [-0.2, -0.15) is 0 Å². The number of nitrogens with one attached hydrogen (secondary N) is 4. The van der Waals surface area contributed by atoms with E-state index in [9.17, 15) is 66.6 Å². The average Bonchev–Trinajstić information content (AvgIpc) is 0.828. The molecule has 20 N–H and O–H groups in total. The minimum atomic E-state index is -1.25. The van der Waals surface area contributed by atoms with Crippen molar-refractivity contribution in [2.75, 3.05) is 64.4 Å². The number of methoxy groups -OCH3 is 2. The second-order valence-electron chi connectivity index (χ2n) is 26.4. The van der Waals surface area contributed by atoms with E-state index in [1.165, 1.54) is 26.7 Å². The highest BCUT2D eigenvalue weighted by molar-refractivity contribution is 7.84. The first-order chi connectivity index (χ1) is 47.9. The molecule has 107 heavy (non-hydrogen) atoms. The number of aryl methyl sites for hydroxylation is 10. The van der Waals surface area contributed by atoms with Crippen molar-refractivity contribution in [1.29, 1.82) is 0 Å². The molecule has 0 spiro atoms. The zero-order valence-corrected chi connectivity index (χ0v) is 67.4. The van der Waals surface area contributed by atoms with Gasteiger partial charge in [-0.25, -0.2) is 0 Å². The first kappa shape index (κ1) is 103. The molecule has 2 unspecified atom stereocenters. The van der Waals surface area contributed by atoms with Gasteiger partial charge in [0.2, 0.25) is 47.3 Å². The van der Waals surface area contributed by atoms with Crippen molar-refractivity contribution >= 4 is 106 Å². The quantitative estimate of drug-likeness (QED) is 0.0227. The van der Waals surface area contributed by atoms with Crippen LogP contribution in [0.5, 0.6) is 11.5 Å². The molecule has 4 aromatic rings. The number of phenols is 2. The van der Waals surface area contributed by atoms with Crippen molar-refractivity contribution < 1.29 is 92.5 Å². The highest BCUT2D eigenvalue weighted by atomic mass is 35.5. The lowest BCUT2D eigenvalue weighted by Crippen LogP contribution is -2.57. The van der Waals surface area contributed by atoms with E-state index >= 15 is 0 Å². The summed E-state index contributed by atoms with van der Waals surface area (Å²) in [5.74, 6) is -6.07. The van der Waals surface area contributed by atoms with E-state index < -0.39 is 118 Å². The molecule has 0 saturated heterocycles. The van der Waals surface area contributed by atoms with E-state index in [0.29, 0.717) is 94.8 Å². The van der Waals surface area contributed by atoms with Crippen LogP contribution in [-0.2, 0) is 105 Å². The van der Waals surface area contributed by atoms with E-state index in [0.717, 1.165) is 44.5 Å². The van der Waals surface area contributed by atoms with E-state index in [1.807, 2.05) is 65.8 Å².